The molecule has 0 radical (unpaired) electrons. The molecule has 2 N–H and O–H groups in total. The van der Waals surface area contributed by atoms with Crippen molar-refractivity contribution in [3.8, 4) is 17.0 Å². The van der Waals surface area contributed by atoms with Crippen molar-refractivity contribution in [2.45, 2.75) is 6.92 Å². The van der Waals surface area contributed by atoms with Crippen LogP contribution in [0, 0.1) is 6.92 Å². The minimum Gasteiger partial charge on any atom is -0.495 e. The molecule has 0 aliphatic heterocycles. The molecule has 0 aliphatic carbocycles. The molecule has 6 nitrogen and oxygen atoms in total. The summed E-state index contributed by atoms with van der Waals surface area (Å²) in [5.74, 6) is -0.248. The number of carboxylic acids is 1. The Hall–Kier alpha value is -2.76. The number of methoxy groups -OCH3 is 1. The minimum atomic E-state index is -0.994. The van der Waals surface area contributed by atoms with Crippen LogP contribution in [0.25, 0.3) is 22.2 Å². The molecule has 0 spiro atoms. The van der Waals surface area contributed by atoms with Gasteiger partial charge in [0.1, 0.15) is 11.4 Å². The van der Waals surface area contributed by atoms with Gasteiger partial charge in [0.2, 0.25) is 0 Å². The molecule has 0 amide bonds. The number of aromatic nitrogens is 3. The van der Waals surface area contributed by atoms with Crippen LogP contribution in [0.1, 0.15) is 16.2 Å². The van der Waals surface area contributed by atoms with Crippen LogP contribution in [0.15, 0.2) is 24.3 Å². The number of aromatic carboxylic acids is 1. The van der Waals surface area contributed by atoms with Gasteiger partial charge in [-0.1, -0.05) is 12.1 Å². The summed E-state index contributed by atoms with van der Waals surface area (Å²) in [6.45, 7) is 1.93. The average Bonchev–Trinajstić information content (AvgIpc) is 2.97. The first-order valence-electron chi connectivity index (χ1n) is 6.46. The van der Waals surface area contributed by atoms with Crippen molar-refractivity contribution in [2.24, 2.45) is 7.05 Å². The highest BCUT2D eigenvalue weighted by molar-refractivity contribution is 6.00. The number of para-hydroxylation sites is 1. The minimum absolute atomic E-state index is 0.154. The number of fused-ring (bicyclic) bond motifs is 1. The summed E-state index contributed by atoms with van der Waals surface area (Å²) >= 11 is 0. The number of aromatic amines is 1. The Morgan fingerprint density at radius 3 is 2.81 bits per heavy atom. The van der Waals surface area contributed by atoms with Gasteiger partial charge in [0.05, 0.1) is 18.3 Å². The summed E-state index contributed by atoms with van der Waals surface area (Å²) in [7, 11) is 3.24. The zero-order valence-electron chi connectivity index (χ0n) is 12.0. The van der Waals surface area contributed by atoms with Crippen molar-refractivity contribution in [1.29, 1.82) is 0 Å². The third-order valence-corrected chi connectivity index (χ3v) is 3.56. The molecule has 0 aliphatic rings. The van der Waals surface area contributed by atoms with E-state index in [1.54, 1.807) is 20.2 Å². The molecule has 3 aromatic rings. The van der Waals surface area contributed by atoms with E-state index >= 15 is 0 Å². The maximum Gasteiger partial charge on any atom is 0.354 e. The van der Waals surface area contributed by atoms with Gasteiger partial charge < -0.3 is 14.8 Å². The summed E-state index contributed by atoms with van der Waals surface area (Å²) in [6, 6.07) is 7.32. The SMILES string of the molecule is COc1cccc2c(-c3cc(C(=O)O)n(C)n3)c(C)[nH]c12. The predicted molar refractivity (Wildman–Crippen MR) is 78.7 cm³/mol. The second-order valence-corrected chi connectivity index (χ2v) is 4.85. The normalized spacial score (nSPS) is 11.0. The van der Waals surface area contributed by atoms with Gasteiger partial charge in [-0.05, 0) is 19.1 Å². The molecule has 21 heavy (non-hydrogen) atoms. The fourth-order valence-electron chi connectivity index (χ4n) is 2.61. The summed E-state index contributed by atoms with van der Waals surface area (Å²) < 4.78 is 6.72. The zero-order valence-corrected chi connectivity index (χ0v) is 12.0. The number of ether oxygens (including phenoxy) is 1. The molecule has 0 saturated heterocycles. The Labute approximate surface area is 121 Å². The summed E-state index contributed by atoms with van der Waals surface area (Å²) in [4.78, 5) is 14.4. The fourth-order valence-corrected chi connectivity index (χ4v) is 2.61. The van der Waals surface area contributed by atoms with E-state index in [-0.39, 0.29) is 5.69 Å². The lowest BCUT2D eigenvalue weighted by atomic mass is 10.1. The predicted octanol–water partition coefficient (Wildman–Crippen LogP) is 2.58. The number of nitrogens with zero attached hydrogens (tertiary/aromatic N) is 2. The number of carboxylic acid groups (broad SMARTS) is 1. The van der Waals surface area contributed by atoms with E-state index in [9.17, 15) is 4.79 Å². The Morgan fingerprint density at radius 1 is 1.43 bits per heavy atom. The topological polar surface area (TPSA) is 80.1 Å². The summed E-state index contributed by atoms with van der Waals surface area (Å²) in [5.41, 5.74) is 3.49. The van der Waals surface area contributed by atoms with Gasteiger partial charge in [-0.25, -0.2) is 4.79 Å². The molecule has 6 heteroatoms. The summed E-state index contributed by atoms with van der Waals surface area (Å²) in [5, 5.41) is 14.4. The van der Waals surface area contributed by atoms with Crippen LogP contribution < -0.4 is 4.74 Å². The molecule has 0 fully saturated rings. The second-order valence-electron chi connectivity index (χ2n) is 4.85. The van der Waals surface area contributed by atoms with Gasteiger partial charge in [-0.15, -0.1) is 0 Å². The lowest BCUT2D eigenvalue weighted by Gasteiger charge is -2.01. The molecule has 2 aromatic heterocycles. The standard InChI is InChI=1S/C15H15N3O3/c1-8-13(10-7-11(15(19)20)18(2)17-10)9-5-4-6-12(21-3)14(9)16-8/h4-7,16H,1-3H3,(H,19,20). The van der Waals surface area contributed by atoms with Gasteiger partial charge in [0, 0.05) is 23.7 Å². The van der Waals surface area contributed by atoms with E-state index in [0.717, 1.165) is 27.9 Å². The van der Waals surface area contributed by atoms with Crippen LogP contribution in [-0.2, 0) is 7.05 Å². The van der Waals surface area contributed by atoms with Crippen LogP contribution in [0.5, 0.6) is 5.75 Å². The monoisotopic (exact) mass is 285 g/mol. The van der Waals surface area contributed by atoms with Gasteiger partial charge in [0.15, 0.2) is 0 Å². The largest absolute Gasteiger partial charge is 0.495 e. The number of aryl methyl sites for hydroxylation is 2. The van der Waals surface area contributed by atoms with Crippen LogP contribution in [0.2, 0.25) is 0 Å². The molecular formula is C15H15N3O3. The van der Waals surface area contributed by atoms with E-state index in [2.05, 4.69) is 10.1 Å². The van der Waals surface area contributed by atoms with Gasteiger partial charge in [0.25, 0.3) is 0 Å². The van der Waals surface area contributed by atoms with Crippen LogP contribution in [-0.4, -0.2) is 33.0 Å². The molecule has 0 saturated carbocycles. The Kier molecular flexibility index (Phi) is 2.94. The number of hydrogen-bond acceptors (Lipinski definition) is 3. The smallest absolute Gasteiger partial charge is 0.354 e. The van der Waals surface area contributed by atoms with Crippen molar-refractivity contribution < 1.29 is 14.6 Å². The van der Waals surface area contributed by atoms with E-state index < -0.39 is 5.97 Å². The fraction of sp³-hybridized carbons (Fsp3) is 0.200. The Morgan fingerprint density at radius 2 is 2.19 bits per heavy atom. The van der Waals surface area contributed by atoms with Crippen LogP contribution >= 0.6 is 0 Å². The number of H-pyrrole nitrogens is 1. The van der Waals surface area contributed by atoms with E-state index in [1.165, 1.54) is 4.68 Å². The van der Waals surface area contributed by atoms with Gasteiger partial charge >= 0.3 is 5.97 Å². The molecule has 108 valence electrons. The van der Waals surface area contributed by atoms with Crippen molar-refractivity contribution in [2.75, 3.05) is 7.11 Å². The number of hydrogen-bond donors (Lipinski definition) is 2. The highest BCUT2D eigenvalue weighted by atomic mass is 16.5. The van der Waals surface area contributed by atoms with Crippen LogP contribution in [0.4, 0.5) is 0 Å². The zero-order chi connectivity index (χ0) is 15.1. The van der Waals surface area contributed by atoms with Crippen molar-refractivity contribution in [1.82, 2.24) is 14.8 Å². The summed E-state index contributed by atoms with van der Waals surface area (Å²) in [6.07, 6.45) is 0. The molecule has 0 atom stereocenters. The average molecular weight is 285 g/mol. The third-order valence-electron chi connectivity index (χ3n) is 3.56. The Balaban J connectivity index is 2.28. The molecule has 1 aromatic carbocycles. The first kappa shape index (κ1) is 13.2. The van der Waals surface area contributed by atoms with E-state index in [0.29, 0.717) is 5.69 Å². The third kappa shape index (κ3) is 1.96. The first-order chi connectivity index (χ1) is 10.0. The number of carbonyl (C=O) groups is 1. The number of nitrogens with one attached hydrogen (secondary N) is 1. The first-order valence-corrected chi connectivity index (χ1v) is 6.46. The van der Waals surface area contributed by atoms with E-state index in [4.69, 9.17) is 9.84 Å². The number of benzene rings is 1. The maximum absolute atomic E-state index is 11.2. The Bertz CT molecular complexity index is 845. The second kappa shape index (κ2) is 4.66. The van der Waals surface area contributed by atoms with Gasteiger partial charge in [-0.3, -0.25) is 4.68 Å². The van der Waals surface area contributed by atoms with Crippen molar-refractivity contribution in [3.05, 3.63) is 35.7 Å². The highest BCUT2D eigenvalue weighted by Gasteiger charge is 2.19. The van der Waals surface area contributed by atoms with E-state index in [1.807, 2.05) is 25.1 Å². The maximum atomic E-state index is 11.2. The van der Waals surface area contributed by atoms with Crippen molar-refractivity contribution in [3.63, 3.8) is 0 Å². The number of rotatable bonds is 3. The lowest BCUT2D eigenvalue weighted by molar-refractivity contribution is 0.0685. The molecular weight excluding hydrogens is 270 g/mol. The molecule has 3 rings (SSSR count). The lowest BCUT2D eigenvalue weighted by Crippen LogP contribution is -2.04. The molecule has 0 bridgehead atoms. The van der Waals surface area contributed by atoms with Crippen LogP contribution in [0.3, 0.4) is 0 Å². The van der Waals surface area contributed by atoms with Crippen molar-refractivity contribution >= 4 is 16.9 Å². The quantitative estimate of drug-likeness (QED) is 0.775. The highest BCUT2D eigenvalue weighted by Crippen LogP contribution is 2.35. The molecule has 2 heterocycles. The molecule has 0 unspecified atom stereocenters. The van der Waals surface area contributed by atoms with Gasteiger partial charge in [-0.2, -0.15) is 5.10 Å².